The lowest BCUT2D eigenvalue weighted by Gasteiger charge is -2.18. The highest BCUT2D eigenvalue weighted by atomic mass is 32.1. The zero-order chi connectivity index (χ0) is 21.8. The van der Waals surface area contributed by atoms with E-state index in [0.29, 0.717) is 5.00 Å². The van der Waals surface area contributed by atoms with Gasteiger partial charge in [-0.15, -0.1) is 0 Å². The number of fused-ring (bicyclic) bond motifs is 3. The van der Waals surface area contributed by atoms with E-state index >= 15 is 0 Å². The molecule has 4 rings (SSSR count). The highest BCUT2D eigenvalue weighted by molar-refractivity contribution is 7.10. The molecule has 2 aromatic carbocycles. The maximum Gasteiger partial charge on any atom is 0.407 e. The van der Waals surface area contributed by atoms with Gasteiger partial charge in [0, 0.05) is 12.1 Å². The van der Waals surface area contributed by atoms with Crippen LogP contribution in [0.5, 0.6) is 0 Å². The Balaban J connectivity index is 1.43. The van der Waals surface area contributed by atoms with Gasteiger partial charge in [-0.25, -0.2) is 4.79 Å². The van der Waals surface area contributed by atoms with Gasteiger partial charge in [0.15, 0.2) is 0 Å². The second kappa shape index (κ2) is 8.97. The number of hydrogen-bond acceptors (Lipinski definition) is 6. The van der Waals surface area contributed by atoms with Gasteiger partial charge in [-0.05, 0) is 39.9 Å². The van der Waals surface area contributed by atoms with E-state index in [2.05, 4.69) is 15.0 Å². The zero-order valence-corrected chi connectivity index (χ0v) is 17.1. The molecule has 3 aromatic rings. The molecular formula is C22H19N3O5S. The van der Waals surface area contributed by atoms with Crippen LogP contribution in [0.25, 0.3) is 11.1 Å². The summed E-state index contributed by atoms with van der Waals surface area (Å²) in [5.74, 6) is -2.01. The van der Waals surface area contributed by atoms with Crippen molar-refractivity contribution in [3.8, 4) is 11.1 Å². The van der Waals surface area contributed by atoms with E-state index in [1.807, 2.05) is 48.5 Å². The second-order valence-corrected chi connectivity index (χ2v) is 7.82. The van der Waals surface area contributed by atoms with E-state index in [1.54, 1.807) is 6.07 Å². The fourth-order valence-electron chi connectivity index (χ4n) is 3.66. The van der Waals surface area contributed by atoms with E-state index in [4.69, 9.17) is 9.84 Å². The number of nitrogens with zero attached hydrogens (tertiary/aromatic N) is 1. The summed E-state index contributed by atoms with van der Waals surface area (Å²) < 4.78 is 9.27. The Morgan fingerprint density at radius 2 is 1.68 bits per heavy atom. The third-order valence-electron chi connectivity index (χ3n) is 5.02. The van der Waals surface area contributed by atoms with Gasteiger partial charge in [0.25, 0.3) is 0 Å². The molecule has 1 aromatic heterocycles. The summed E-state index contributed by atoms with van der Waals surface area (Å²) in [7, 11) is 0. The number of aromatic nitrogens is 1. The summed E-state index contributed by atoms with van der Waals surface area (Å²) in [5.41, 5.74) is 4.31. The lowest BCUT2D eigenvalue weighted by Crippen LogP contribution is -2.45. The van der Waals surface area contributed by atoms with E-state index in [9.17, 15) is 14.4 Å². The van der Waals surface area contributed by atoms with Gasteiger partial charge < -0.3 is 20.5 Å². The molecule has 0 fully saturated rings. The molecule has 8 nitrogen and oxygen atoms in total. The number of carboxylic acids is 1. The fraction of sp³-hybridized carbons (Fsp3) is 0.182. The fourth-order valence-corrected chi connectivity index (χ4v) is 4.16. The van der Waals surface area contributed by atoms with Gasteiger partial charge in [-0.1, -0.05) is 48.5 Å². The van der Waals surface area contributed by atoms with Gasteiger partial charge in [0.2, 0.25) is 5.91 Å². The van der Waals surface area contributed by atoms with Crippen LogP contribution in [0.2, 0.25) is 0 Å². The summed E-state index contributed by atoms with van der Waals surface area (Å²) in [6, 6.07) is 16.1. The standard InChI is InChI=1S/C22H19N3O5S/c26-20(27)11-18(21(28)25-19-9-10-23-31-19)24-22(29)30-12-17-15-7-3-1-5-13(15)14-6-2-4-8-16(14)17/h1-10,17-18H,11-12H2,(H,24,29)(H,25,28)(H,26,27). The molecule has 3 N–H and O–H groups in total. The minimum Gasteiger partial charge on any atom is -0.481 e. The zero-order valence-electron chi connectivity index (χ0n) is 16.3. The van der Waals surface area contributed by atoms with Gasteiger partial charge in [-0.3, -0.25) is 9.59 Å². The molecule has 31 heavy (non-hydrogen) atoms. The first-order valence-corrected chi connectivity index (χ1v) is 10.3. The number of alkyl carbamates (subject to hydrolysis) is 1. The molecule has 1 heterocycles. The molecule has 158 valence electrons. The number of nitrogens with one attached hydrogen (secondary N) is 2. The van der Waals surface area contributed by atoms with Crippen LogP contribution in [0.4, 0.5) is 9.80 Å². The van der Waals surface area contributed by atoms with Gasteiger partial charge >= 0.3 is 12.1 Å². The Morgan fingerprint density at radius 1 is 1.03 bits per heavy atom. The largest absolute Gasteiger partial charge is 0.481 e. The topological polar surface area (TPSA) is 118 Å². The highest BCUT2D eigenvalue weighted by Gasteiger charge is 2.30. The SMILES string of the molecule is O=C(O)CC(NC(=O)OCC1c2ccccc2-c2ccccc21)C(=O)Nc1ccns1. The minimum atomic E-state index is -1.28. The van der Waals surface area contributed by atoms with Crippen LogP contribution < -0.4 is 10.6 Å². The number of benzene rings is 2. The van der Waals surface area contributed by atoms with Gasteiger partial charge in [0.1, 0.15) is 17.6 Å². The quantitative estimate of drug-likeness (QED) is 0.521. The summed E-state index contributed by atoms with van der Waals surface area (Å²) >= 11 is 1.05. The van der Waals surface area contributed by atoms with Gasteiger partial charge in [0.05, 0.1) is 6.42 Å². The monoisotopic (exact) mass is 437 g/mol. The summed E-state index contributed by atoms with van der Waals surface area (Å²) in [4.78, 5) is 36.0. The van der Waals surface area contributed by atoms with Crippen molar-refractivity contribution in [1.82, 2.24) is 9.69 Å². The number of ether oxygens (including phenoxy) is 1. The molecule has 0 saturated carbocycles. The molecule has 0 aliphatic heterocycles. The lowest BCUT2D eigenvalue weighted by molar-refractivity contribution is -0.139. The van der Waals surface area contributed by atoms with E-state index in [0.717, 1.165) is 33.8 Å². The van der Waals surface area contributed by atoms with E-state index in [-0.39, 0.29) is 12.5 Å². The highest BCUT2D eigenvalue weighted by Crippen LogP contribution is 2.44. The van der Waals surface area contributed by atoms with Crippen LogP contribution in [-0.2, 0) is 14.3 Å². The number of rotatable bonds is 7. The molecule has 1 unspecified atom stereocenters. The van der Waals surface area contributed by atoms with Crippen molar-refractivity contribution in [3.05, 3.63) is 71.9 Å². The molecule has 1 aliphatic carbocycles. The van der Waals surface area contributed by atoms with Crippen molar-refractivity contribution in [3.63, 3.8) is 0 Å². The van der Waals surface area contributed by atoms with Crippen molar-refractivity contribution >= 4 is 34.5 Å². The molecule has 0 bridgehead atoms. The van der Waals surface area contributed by atoms with Crippen LogP contribution in [0.3, 0.4) is 0 Å². The van der Waals surface area contributed by atoms with Crippen molar-refractivity contribution in [2.75, 3.05) is 11.9 Å². The molecule has 0 radical (unpaired) electrons. The molecule has 0 spiro atoms. The minimum absolute atomic E-state index is 0.0656. The predicted octanol–water partition coefficient (Wildman–Crippen LogP) is 3.46. The number of hydrogen-bond donors (Lipinski definition) is 3. The first-order valence-electron chi connectivity index (χ1n) is 9.58. The van der Waals surface area contributed by atoms with Crippen LogP contribution in [0.15, 0.2) is 60.8 Å². The van der Waals surface area contributed by atoms with Crippen molar-refractivity contribution in [1.29, 1.82) is 0 Å². The number of aliphatic carboxylic acids is 1. The summed E-state index contributed by atoms with van der Waals surface area (Å²) in [5, 5.41) is 14.5. The molecule has 1 atom stereocenters. The van der Waals surface area contributed by atoms with Crippen molar-refractivity contribution < 1.29 is 24.2 Å². The number of anilines is 1. The number of carbonyl (C=O) groups is 3. The van der Waals surface area contributed by atoms with Crippen molar-refractivity contribution in [2.45, 2.75) is 18.4 Å². The average Bonchev–Trinajstić information content (AvgIpc) is 3.37. The van der Waals surface area contributed by atoms with Crippen LogP contribution >= 0.6 is 11.5 Å². The Bertz CT molecular complexity index is 1070. The molecule has 2 amide bonds. The number of amides is 2. The Morgan fingerprint density at radius 3 is 2.26 bits per heavy atom. The smallest absolute Gasteiger partial charge is 0.407 e. The predicted molar refractivity (Wildman–Crippen MR) is 115 cm³/mol. The number of carboxylic acid groups (broad SMARTS) is 1. The first kappa shape index (κ1) is 20.5. The first-order chi connectivity index (χ1) is 15.0. The molecule has 0 saturated heterocycles. The summed E-state index contributed by atoms with van der Waals surface area (Å²) in [6.07, 6.45) is 0.0767. The van der Waals surface area contributed by atoms with Crippen molar-refractivity contribution in [2.24, 2.45) is 0 Å². The van der Waals surface area contributed by atoms with Gasteiger partial charge in [-0.2, -0.15) is 4.37 Å². The normalized spacial score (nSPS) is 13.0. The maximum atomic E-state index is 12.4. The van der Waals surface area contributed by atoms with E-state index < -0.39 is 30.4 Å². The van der Waals surface area contributed by atoms with E-state index in [1.165, 1.54) is 6.20 Å². The third-order valence-corrected chi connectivity index (χ3v) is 5.68. The number of carbonyl (C=O) groups excluding carboxylic acids is 2. The Kier molecular flexibility index (Phi) is 5.94. The van der Waals surface area contributed by atoms with Crippen LogP contribution in [0.1, 0.15) is 23.5 Å². The third kappa shape index (κ3) is 4.56. The molecular weight excluding hydrogens is 418 g/mol. The lowest BCUT2D eigenvalue weighted by atomic mass is 9.98. The maximum absolute atomic E-state index is 12.4. The second-order valence-electron chi connectivity index (χ2n) is 6.99. The van der Waals surface area contributed by atoms with Crippen LogP contribution in [0, 0.1) is 0 Å². The molecule has 1 aliphatic rings. The average molecular weight is 437 g/mol. The summed E-state index contributed by atoms with van der Waals surface area (Å²) in [6.45, 7) is 0.0656. The molecule has 9 heteroatoms. The van der Waals surface area contributed by atoms with Crippen LogP contribution in [-0.4, -0.2) is 40.1 Å². The Hall–Kier alpha value is -3.72. The Labute approximate surface area is 182 Å².